The van der Waals surface area contributed by atoms with Gasteiger partial charge in [0.2, 0.25) is 0 Å². The maximum Gasteiger partial charge on any atom is 0.341 e. The number of likely N-dealkylation sites (N-methyl/N-ethyl adjacent to an activating group) is 1. The highest BCUT2D eigenvalue weighted by Gasteiger charge is 2.41. The molecule has 0 bridgehead atoms. The second-order valence-electron chi connectivity index (χ2n) is 7.29. The van der Waals surface area contributed by atoms with E-state index in [4.69, 9.17) is 9.84 Å². The summed E-state index contributed by atoms with van der Waals surface area (Å²) in [4.78, 5) is 37.3. The van der Waals surface area contributed by atoms with E-state index in [2.05, 4.69) is 11.4 Å². The van der Waals surface area contributed by atoms with Gasteiger partial charge in [0.05, 0.1) is 23.2 Å². The highest BCUT2D eigenvalue weighted by atomic mass is 16.6. The number of nitrogens with one attached hydrogen (secondary N) is 1. The number of aliphatic hydroxyl groups is 1. The van der Waals surface area contributed by atoms with E-state index in [0.717, 1.165) is 25.3 Å². The van der Waals surface area contributed by atoms with Gasteiger partial charge in [-0.25, -0.2) is 4.79 Å². The quantitative estimate of drug-likeness (QED) is 0.371. The normalized spacial score (nSPS) is 16.1. The number of esters is 1. The van der Waals surface area contributed by atoms with Gasteiger partial charge in [-0.2, -0.15) is 5.26 Å². The van der Waals surface area contributed by atoms with Crippen LogP contribution in [0.4, 0.5) is 11.4 Å². The second kappa shape index (κ2) is 10.0. The van der Waals surface area contributed by atoms with Gasteiger partial charge in [0.1, 0.15) is 5.54 Å². The van der Waals surface area contributed by atoms with Crippen LogP contribution in [0.1, 0.15) is 49.4 Å². The maximum absolute atomic E-state index is 12.8. The van der Waals surface area contributed by atoms with Crippen molar-refractivity contribution in [1.29, 1.82) is 5.26 Å². The molecule has 0 aromatic heterocycles. The third-order valence-corrected chi connectivity index (χ3v) is 5.35. The Bertz CT molecular complexity index is 844. The molecule has 0 radical (unpaired) electrons. The molecule has 2 N–H and O–H groups in total. The fraction of sp³-hybridized carbons (Fsp3) is 0.550. The zero-order valence-electron chi connectivity index (χ0n) is 17.1. The number of ether oxygens (including phenoxy) is 1. The summed E-state index contributed by atoms with van der Waals surface area (Å²) in [5.41, 5.74) is -1.10. The molecule has 0 spiro atoms. The van der Waals surface area contributed by atoms with Crippen molar-refractivity contribution in [2.75, 3.05) is 25.5 Å². The van der Waals surface area contributed by atoms with Crippen molar-refractivity contribution in [3.63, 3.8) is 0 Å². The van der Waals surface area contributed by atoms with Crippen LogP contribution in [0.2, 0.25) is 0 Å². The van der Waals surface area contributed by atoms with Crippen molar-refractivity contribution in [3.8, 4) is 6.07 Å². The van der Waals surface area contributed by atoms with Gasteiger partial charge in [-0.05, 0) is 25.8 Å². The van der Waals surface area contributed by atoms with Crippen LogP contribution >= 0.6 is 0 Å². The summed E-state index contributed by atoms with van der Waals surface area (Å²) in [5.74, 6) is -1.43. The number of carbonyl (C=O) groups excluding carboxylic acids is 2. The van der Waals surface area contributed by atoms with Crippen LogP contribution in [0.15, 0.2) is 18.2 Å². The number of rotatable bonds is 8. The van der Waals surface area contributed by atoms with Crippen LogP contribution in [-0.4, -0.2) is 58.6 Å². The van der Waals surface area contributed by atoms with Crippen molar-refractivity contribution in [3.05, 3.63) is 33.9 Å². The lowest BCUT2D eigenvalue weighted by atomic mass is 9.81. The summed E-state index contributed by atoms with van der Waals surface area (Å²) in [6.45, 7) is 1.32. The Morgan fingerprint density at radius 1 is 1.40 bits per heavy atom. The molecule has 1 aliphatic rings. The number of nitro groups is 1. The van der Waals surface area contributed by atoms with Crippen LogP contribution in [0, 0.1) is 21.4 Å². The van der Waals surface area contributed by atoms with Gasteiger partial charge in [-0.15, -0.1) is 0 Å². The molecule has 0 unspecified atom stereocenters. The highest BCUT2D eigenvalue weighted by molar-refractivity contribution is 5.98. The number of hydrogen-bond acceptors (Lipinski definition) is 8. The number of amides is 1. The fourth-order valence-electron chi connectivity index (χ4n) is 3.58. The van der Waals surface area contributed by atoms with Gasteiger partial charge >= 0.3 is 5.97 Å². The highest BCUT2D eigenvalue weighted by Crippen LogP contribution is 2.33. The molecular formula is C20H26N4O6. The van der Waals surface area contributed by atoms with Gasteiger partial charge in [0, 0.05) is 31.4 Å². The molecule has 2 rings (SSSR count). The van der Waals surface area contributed by atoms with E-state index in [-0.39, 0.29) is 30.1 Å². The first-order chi connectivity index (χ1) is 14.3. The van der Waals surface area contributed by atoms with Crippen LogP contribution in [0.3, 0.4) is 0 Å². The molecule has 0 aliphatic heterocycles. The summed E-state index contributed by atoms with van der Waals surface area (Å²) >= 11 is 0. The molecule has 0 saturated heterocycles. The monoisotopic (exact) mass is 418 g/mol. The Morgan fingerprint density at radius 2 is 2.07 bits per heavy atom. The molecule has 0 heterocycles. The third-order valence-electron chi connectivity index (χ3n) is 5.35. The Morgan fingerprint density at radius 3 is 2.63 bits per heavy atom. The fourth-order valence-corrected chi connectivity index (χ4v) is 3.58. The summed E-state index contributed by atoms with van der Waals surface area (Å²) in [5, 5.41) is 32.5. The lowest BCUT2D eigenvalue weighted by Gasteiger charge is -2.39. The number of non-ortho nitro benzene ring substituents is 1. The molecule has 1 aliphatic carbocycles. The molecule has 1 atom stereocenters. The SMILES string of the molecule is C[C@H](OC(=O)c1cc([N+](=O)[O-])ccc1NCCO)C(=O)N(C)C1(C#N)CCCCC1. The summed E-state index contributed by atoms with van der Waals surface area (Å²) < 4.78 is 5.29. The molecule has 1 saturated carbocycles. The van der Waals surface area contributed by atoms with E-state index >= 15 is 0 Å². The number of nitrogens with zero attached hydrogens (tertiary/aromatic N) is 3. The predicted molar refractivity (Wildman–Crippen MR) is 108 cm³/mol. The van der Waals surface area contributed by atoms with E-state index in [1.54, 1.807) is 0 Å². The Kier molecular flexibility index (Phi) is 7.72. The van der Waals surface area contributed by atoms with Gasteiger partial charge in [-0.3, -0.25) is 14.9 Å². The minimum absolute atomic E-state index is 0.118. The van der Waals surface area contributed by atoms with Crippen molar-refractivity contribution in [2.45, 2.75) is 50.7 Å². The maximum atomic E-state index is 12.8. The van der Waals surface area contributed by atoms with E-state index in [0.29, 0.717) is 12.8 Å². The van der Waals surface area contributed by atoms with E-state index in [9.17, 15) is 25.0 Å². The van der Waals surface area contributed by atoms with E-state index in [1.807, 2.05) is 0 Å². The molecule has 30 heavy (non-hydrogen) atoms. The average molecular weight is 418 g/mol. The van der Waals surface area contributed by atoms with Crippen molar-refractivity contribution >= 4 is 23.3 Å². The molecule has 1 aromatic rings. The van der Waals surface area contributed by atoms with E-state index in [1.165, 1.54) is 31.0 Å². The minimum atomic E-state index is -1.18. The molecule has 10 heteroatoms. The third kappa shape index (κ3) is 5.04. The first kappa shape index (κ1) is 23.1. The van der Waals surface area contributed by atoms with Gasteiger partial charge < -0.3 is 20.1 Å². The van der Waals surface area contributed by atoms with Crippen LogP contribution in [-0.2, 0) is 9.53 Å². The number of benzene rings is 1. The summed E-state index contributed by atoms with van der Waals surface area (Å²) in [6, 6.07) is 5.87. The number of aliphatic hydroxyl groups excluding tert-OH is 1. The zero-order valence-corrected chi connectivity index (χ0v) is 17.1. The first-order valence-electron chi connectivity index (χ1n) is 9.79. The number of carbonyl (C=O) groups is 2. The lowest BCUT2D eigenvalue weighted by Crippen LogP contribution is -2.53. The van der Waals surface area contributed by atoms with Gasteiger partial charge in [-0.1, -0.05) is 19.3 Å². The number of nitro benzene ring substituents is 1. The largest absolute Gasteiger partial charge is 0.449 e. The lowest BCUT2D eigenvalue weighted by molar-refractivity contribution is -0.384. The number of anilines is 1. The van der Waals surface area contributed by atoms with Crippen molar-refractivity contribution < 1.29 is 24.4 Å². The first-order valence-corrected chi connectivity index (χ1v) is 9.79. The zero-order chi connectivity index (χ0) is 22.3. The molecule has 1 fully saturated rings. The Hall–Kier alpha value is -3.19. The van der Waals surface area contributed by atoms with Crippen LogP contribution < -0.4 is 5.32 Å². The summed E-state index contributed by atoms with van der Waals surface area (Å²) in [7, 11) is 1.53. The molecule has 1 aromatic carbocycles. The number of hydrogen-bond donors (Lipinski definition) is 2. The Balaban J connectivity index is 2.19. The molecule has 1 amide bonds. The van der Waals surface area contributed by atoms with Gasteiger partial charge in [0.25, 0.3) is 11.6 Å². The van der Waals surface area contributed by atoms with Crippen LogP contribution in [0.5, 0.6) is 0 Å². The smallest absolute Gasteiger partial charge is 0.341 e. The molecular weight excluding hydrogens is 392 g/mol. The van der Waals surface area contributed by atoms with Crippen molar-refractivity contribution in [2.24, 2.45) is 0 Å². The Labute approximate surface area is 174 Å². The number of nitriles is 1. The topological polar surface area (TPSA) is 146 Å². The van der Waals surface area contributed by atoms with Crippen molar-refractivity contribution in [1.82, 2.24) is 4.90 Å². The minimum Gasteiger partial charge on any atom is -0.449 e. The predicted octanol–water partition coefficient (Wildman–Crippen LogP) is 2.23. The summed E-state index contributed by atoms with van der Waals surface area (Å²) in [6.07, 6.45) is 2.63. The molecule has 10 nitrogen and oxygen atoms in total. The second-order valence-corrected chi connectivity index (χ2v) is 7.29. The van der Waals surface area contributed by atoms with Gasteiger partial charge in [0.15, 0.2) is 6.10 Å². The standard InChI is InChI=1S/C20H26N4O6/c1-14(18(26)23(2)20(13-21)8-4-3-5-9-20)30-19(27)16-12-15(24(28)29)6-7-17(16)22-10-11-25/h6-7,12,14,22,25H,3-5,8-11H2,1-2H3/t14-/m0/s1. The van der Waals surface area contributed by atoms with Crippen LogP contribution in [0.25, 0.3) is 0 Å². The molecule has 162 valence electrons. The van der Waals surface area contributed by atoms with E-state index < -0.39 is 28.4 Å². The average Bonchev–Trinajstić information content (AvgIpc) is 2.76.